The highest BCUT2D eigenvalue weighted by Crippen LogP contribution is 2.22. The summed E-state index contributed by atoms with van der Waals surface area (Å²) in [6.07, 6.45) is 0. The summed E-state index contributed by atoms with van der Waals surface area (Å²) in [4.78, 5) is 4.04. The van der Waals surface area contributed by atoms with Crippen LogP contribution in [0.1, 0.15) is 20.8 Å². The first kappa shape index (κ1) is 17.3. The second-order valence-corrected chi connectivity index (χ2v) is 8.39. The van der Waals surface area contributed by atoms with Gasteiger partial charge in [-0.1, -0.05) is 12.1 Å². The number of ether oxygens (including phenoxy) is 1. The predicted molar refractivity (Wildman–Crippen MR) is 86.6 cm³/mol. The largest absolute Gasteiger partial charge is 0.495 e. The molecule has 7 heteroatoms. The summed E-state index contributed by atoms with van der Waals surface area (Å²) >= 11 is 0. The lowest BCUT2D eigenvalue weighted by Gasteiger charge is -2.18. The Hall–Kier alpha value is -1.76. The number of hydrogen-bond donors (Lipinski definition) is 2. The highest BCUT2D eigenvalue weighted by atomic mass is 32.2. The average Bonchev–Trinajstić information content (AvgIpc) is 2.37. The van der Waals surface area contributed by atoms with Crippen molar-refractivity contribution in [3.63, 3.8) is 0 Å². The van der Waals surface area contributed by atoms with E-state index in [1.165, 1.54) is 0 Å². The van der Waals surface area contributed by atoms with Crippen molar-refractivity contribution in [1.29, 1.82) is 0 Å². The van der Waals surface area contributed by atoms with Gasteiger partial charge >= 0.3 is 0 Å². The van der Waals surface area contributed by atoms with Crippen molar-refractivity contribution in [2.45, 2.75) is 25.5 Å². The number of hydrogen-bond acceptors (Lipinski definition) is 4. The molecule has 0 aliphatic carbocycles. The zero-order valence-corrected chi connectivity index (χ0v) is 13.7. The fourth-order valence-electron chi connectivity index (χ4n) is 1.52. The number of sulfone groups is 1. The molecule has 0 spiro atoms. The standard InChI is InChI=1S/C14H23N3O3S/c1-14(2,3)21(18,19)10-9-16-13(15)17-11-7-5-6-8-12(11)20-4/h5-8H,9-10H2,1-4H3,(H3,15,16,17). The van der Waals surface area contributed by atoms with E-state index in [4.69, 9.17) is 10.5 Å². The van der Waals surface area contributed by atoms with Crippen LogP contribution in [0.25, 0.3) is 0 Å². The minimum atomic E-state index is -3.19. The van der Waals surface area contributed by atoms with Gasteiger partial charge in [-0.3, -0.25) is 4.99 Å². The Bertz CT molecular complexity index is 604. The number of anilines is 1. The SMILES string of the molecule is COc1ccccc1NC(N)=NCCS(=O)(=O)C(C)(C)C. The maximum Gasteiger partial charge on any atom is 0.193 e. The van der Waals surface area contributed by atoms with Gasteiger partial charge < -0.3 is 15.8 Å². The Balaban J connectivity index is 2.67. The first-order chi connectivity index (χ1) is 9.67. The zero-order chi connectivity index (χ0) is 16.1. The Kier molecular flexibility index (Phi) is 5.60. The van der Waals surface area contributed by atoms with Crippen LogP contribution in [0.5, 0.6) is 5.75 Å². The van der Waals surface area contributed by atoms with E-state index in [0.29, 0.717) is 11.4 Å². The summed E-state index contributed by atoms with van der Waals surface area (Å²) in [6.45, 7) is 5.13. The predicted octanol–water partition coefficient (Wildman–Crippen LogP) is 1.64. The molecule has 1 aromatic rings. The molecule has 0 fully saturated rings. The Morgan fingerprint density at radius 2 is 1.95 bits per heavy atom. The lowest BCUT2D eigenvalue weighted by Crippen LogP contribution is -2.32. The van der Waals surface area contributed by atoms with E-state index < -0.39 is 14.6 Å². The number of methoxy groups -OCH3 is 1. The number of benzene rings is 1. The van der Waals surface area contributed by atoms with Crippen LogP contribution >= 0.6 is 0 Å². The molecule has 21 heavy (non-hydrogen) atoms. The van der Waals surface area contributed by atoms with Crippen molar-refractivity contribution in [3.05, 3.63) is 24.3 Å². The van der Waals surface area contributed by atoms with Crippen molar-refractivity contribution in [3.8, 4) is 5.75 Å². The van der Waals surface area contributed by atoms with Crippen LogP contribution in [-0.4, -0.2) is 38.5 Å². The number of rotatable bonds is 5. The van der Waals surface area contributed by atoms with E-state index in [2.05, 4.69) is 10.3 Å². The molecule has 0 bridgehead atoms. The van der Waals surface area contributed by atoms with Gasteiger partial charge in [0.1, 0.15) is 5.75 Å². The highest BCUT2D eigenvalue weighted by Gasteiger charge is 2.28. The van der Waals surface area contributed by atoms with Crippen LogP contribution in [0.3, 0.4) is 0 Å². The third-order valence-corrected chi connectivity index (χ3v) is 5.53. The van der Waals surface area contributed by atoms with Gasteiger partial charge in [0.2, 0.25) is 0 Å². The van der Waals surface area contributed by atoms with Gasteiger partial charge in [-0.05, 0) is 32.9 Å². The van der Waals surface area contributed by atoms with Crippen LogP contribution in [-0.2, 0) is 9.84 Å². The average molecular weight is 313 g/mol. The fraction of sp³-hybridized carbons (Fsp3) is 0.500. The van der Waals surface area contributed by atoms with Crippen molar-refractivity contribution < 1.29 is 13.2 Å². The summed E-state index contributed by atoms with van der Waals surface area (Å²) in [7, 11) is -1.63. The molecule has 1 aromatic carbocycles. The second-order valence-electron chi connectivity index (χ2n) is 5.52. The van der Waals surface area contributed by atoms with E-state index in [1.807, 2.05) is 12.1 Å². The van der Waals surface area contributed by atoms with Crippen molar-refractivity contribution in [2.75, 3.05) is 24.7 Å². The molecule has 0 radical (unpaired) electrons. The lowest BCUT2D eigenvalue weighted by molar-refractivity contribution is 0.417. The normalized spacial score (nSPS) is 13.0. The monoisotopic (exact) mass is 313 g/mol. The molecule has 0 unspecified atom stereocenters. The molecule has 118 valence electrons. The Morgan fingerprint density at radius 1 is 1.33 bits per heavy atom. The van der Waals surface area contributed by atoms with Gasteiger partial charge in [-0.2, -0.15) is 0 Å². The number of aliphatic imine (C=N–C) groups is 1. The van der Waals surface area contributed by atoms with E-state index in [9.17, 15) is 8.42 Å². The molecule has 0 aliphatic heterocycles. The Morgan fingerprint density at radius 3 is 2.52 bits per heavy atom. The summed E-state index contributed by atoms with van der Waals surface area (Å²) in [6, 6.07) is 7.27. The van der Waals surface area contributed by atoms with Gasteiger partial charge in [-0.25, -0.2) is 8.42 Å². The van der Waals surface area contributed by atoms with E-state index in [-0.39, 0.29) is 18.3 Å². The molecule has 3 N–H and O–H groups in total. The molecule has 0 amide bonds. The fourth-order valence-corrected chi connectivity index (χ4v) is 2.46. The molecule has 0 saturated carbocycles. The molecule has 6 nitrogen and oxygen atoms in total. The number of nitrogens with two attached hydrogens (primary N) is 1. The third-order valence-electron chi connectivity index (χ3n) is 2.94. The minimum absolute atomic E-state index is 0.0369. The number of para-hydroxylation sites is 2. The van der Waals surface area contributed by atoms with Gasteiger partial charge in [-0.15, -0.1) is 0 Å². The zero-order valence-electron chi connectivity index (χ0n) is 12.9. The van der Waals surface area contributed by atoms with Crippen LogP contribution < -0.4 is 15.8 Å². The van der Waals surface area contributed by atoms with E-state index >= 15 is 0 Å². The first-order valence-electron chi connectivity index (χ1n) is 6.59. The lowest BCUT2D eigenvalue weighted by atomic mass is 10.3. The third kappa shape index (κ3) is 4.93. The maximum absolute atomic E-state index is 11.9. The van der Waals surface area contributed by atoms with Crippen LogP contribution in [0, 0.1) is 0 Å². The van der Waals surface area contributed by atoms with E-state index in [0.717, 1.165) is 0 Å². The molecule has 1 rings (SSSR count). The minimum Gasteiger partial charge on any atom is -0.495 e. The topological polar surface area (TPSA) is 93.8 Å². The van der Waals surface area contributed by atoms with Crippen LogP contribution in [0.2, 0.25) is 0 Å². The summed E-state index contributed by atoms with van der Waals surface area (Å²) in [5.41, 5.74) is 6.44. The smallest absolute Gasteiger partial charge is 0.193 e. The summed E-state index contributed by atoms with van der Waals surface area (Å²) in [5, 5.41) is 2.89. The Labute approximate surface area is 126 Å². The second kappa shape index (κ2) is 6.80. The van der Waals surface area contributed by atoms with E-state index in [1.54, 1.807) is 40.0 Å². The van der Waals surface area contributed by atoms with Crippen molar-refractivity contribution in [1.82, 2.24) is 0 Å². The van der Waals surface area contributed by atoms with Gasteiger partial charge in [0.15, 0.2) is 15.8 Å². The molecule has 0 atom stereocenters. The first-order valence-corrected chi connectivity index (χ1v) is 8.25. The summed E-state index contributed by atoms with van der Waals surface area (Å²) < 4.78 is 28.3. The molecule has 0 aliphatic rings. The number of nitrogens with one attached hydrogen (secondary N) is 1. The highest BCUT2D eigenvalue weighted by molar-refractivity contribution is 7.92. The molecule has 0 heterocycles. The number of nitrogens with zero attached hydrogens (tertiary/aromatic N) is 1. The van der Waals surface area contributed by atoms with Crippen LogP contribution in [0.15, 0.2) is 29.3 Å². The van der Waals surface area contributed by atoms with Crippen molar-refractivity contribution >= 4 is 21.5 Å². The molecule has 0 saturated heterocycles. The van der Waals surface area contributed by atoms with Gasteiger partial charge in [0, 0.05) is 0 Å². The summed E-state index contributed by atoms with van der Waals surface area (Å²) in [5.74, 6) is 0.756. The van der Waals surface area contributed by atoms with Crippen molar-refractivity contribution in [2.24, 2.45) is 10.7 Å². The van der Waals surface area contributed by atoms with Gasteiger partial charge in [0.25, 0.3) is 0 Å². The molecular formula is C14H23N3O3S. The molecular weight excluding hydrogens is 290 g/mol. The number of guanidine groups is 1. The van der Waals surface area contributed by atoms with Gasteiger partial charge in [0.05, 0.1) is 29.8 Å². The van der Waals surface area contributed by atoms with Crippen LogP contribution in [0.4, 0.5) is 5.69 Å². The molecule has 0 aromatic heterocycles. The quantitative estimate of drug-likeness (QED) is 0.636. The maximum atomic E-state index is 11.9.